The molecule has 0 amide bonds. The van der Waals surface area contributed by atoms with Crippen molar-refractivity contribution >= 4 is 9.90 Å². The zero-order valence-corrected chi connectivity index (χ0v) is 62.5. The smallest absolute Gasteiger partial charge is 0.0900 e. The van der Waals surface area contributed by atoms with Gasteiger partial charge in [-0.2, -0.15) is 30.9 Å². The number of rotatable bonds is 0. The van der Waals surface area contributed by atoms with E-state index >= 15 is 0 Å². The van der Waals surface area contributed by atoms with Crippen LogP contribution in [0.5, 0.6) is 0 Å². The molecule has 0 heterocycles. The van der Waals surface area contributed by atoms with Gasteiger partial charge >= 0.3 is 0 Å². The summed E-state index contributed by atoms with van der Waals surface area (Å²) in [5, 5.41) is 33.0. The molecule has 0 aromatic carbocycles. The van der Waals surface area contributed by atoms with Gasteiger partial charge in [0, 0.05) is 253 Å². The molecule has 0 saturated carbocycles. The van der Waals surface area contributed by atoms with E-state index in [9.17, 15) is 0 Å². The molecular formula is H86O40PW12+11. The topological polar surface area (TPSA) is 1200 Å². The van der Waals surface area contributed by atoms with E-state index in [2.05, 4.69) is 0 Å². The Hall–Kier alpha value is 7.09. The maximum Gasteiger partial charge on any atom is 0.0900 e. The fourth-order valence-electron chi connectivity index (χ4n) is 0. The Kier molecular flexibility index (Phi) is 98100. The first-order valence-corrected chi connectivity index (χ1v) is 0.947. The molecule has 0 aromatic heterocycles. The van der Waals surface area contributed by atoms with Crippen molar-refractivity contribution < 1.29 is 470 Å². The summed E-state index contributed by atoms with van der Waals surface area (Å²) >= 11 is 0. The fourth-order valence-corrected chi connectivity index (χ4v) is 0. The van der Waals surface area contributed by atoms with E-state index < -0.39 is 0 Å². The van der Waals surface area contributed by atoms with Gasteiger partial charge in [-0.3, -0.25) is 0 Å². The van der Waals surface area contributed by atoms with Crippen LogP contribution in [0, 0.1) is 0 Å². The quantitative estimate of drug-likeness (QED) is 0.0945. The van der Waals surface area contributed by atoms with E-state index in [0.29, 0.717) is 0 Å². The third-order valence-corrected chi connectivity index (χ3v) is 0. The fraction of sp³-hybridized carbons (Fsp3) is 0. The summed E-state index contributed by atoms with van der Waals surface area (Å²) in [7, 11) is 0. The van der Waals surface area contributed by atoms with Crippen molar-refractivity contribution in [3.63, 3.8) is 0 Å². The van der Waals surface area contributed by atoms with Gasteiger partial charge in [0.2, 0.25) is 0 Å². The first-order valence-electron chi connectivity index (χ1n) is 0.947. The Morgan fingerprint density at radius 3 is 0.170 bits per heavy atom. The van der Waals surface area contributed by atoms with E-state index in [-0.39, 0.29) is 443 Å². The molecule has 0 aliphatic rings. The Morgan fingerprint density at radius 1 is 0.170 bits per heavy atom. The third kappa shape index (κ3) is 3830. The molecule has 0 aliphatic carbocycles. The molecule has 0 aliphatic heterocycles. The second-order valence-corrected chi connectivity index (χ2v) is 0.112. The molecule has 0 saturated heterocycles. The molecule has 0 rings (SSSR count). The van der Waals surface area contributed by atoms with Crippen LogP contribution in [0.1, 0.15) is 0 Å². The van der Waals surface area contributed by atoms with Crippen LogP contribution in [0.25, 0.3) is 0 Å². The zero-order valence-electron chi connectivity index (χ0n) is 25.9. The second-order valence-electron chi connectivity index (χ2n) is 0.112. The van der Waals surface area contributed by atoms with Crippen molar-refractivity contribution in [2.45, 2.75) is 0 Å². The van der Waals surface area contributed by atoms with Crippen LogP contribution >= 0.6 is 9.90 Å². The summed E-state index contributed by atoms with van der Waals surface area (Å²) < 4.78 is 0. The van der Waals surface area contributed by atoms with Gasteiger partial charge < -0.3 is 181 Å². The molecule has 53 heteroatoms. The molecule has 0 fully saturated rings. The van der Waals surface area contributed by atoms with Crippen molar-refractivity contribution in [2.75, 3.05) is 0 Å². The van der Waals surface area contributed by atoms with Gasteiger partial charge in [-0.1, -0.05) is 0 Å². The minimum absolute atomic E-state index is 0. The molecule has 0 radical (unpaired) electrons. The van der Waals surface area contributed by atoms with Crippen LogP contribution in [-0.2, 0) is 275 Å². The minimum atomic E-state index is 0. The van der Waals surface area contributed by atoms with E-state index in [1.54, 1.807) is 0 Å². The van der Waals surface area contributed by atoms with Crippen molar-refractivity contribution in [3.05, 3.63) is 0 Å². The maximum absolute atomic E-state index is 5.50. The molecule has 83 N–H and O–H groups in total. The van der Waals surface area contributed by atoms with E-state index in [0.717, 1.165) is 0 Å². The van der Waals surface area contributed by atoms with Gasteiger partial charge in [0.05, 0.1) is 5.04 Å². The molecule has 0 aromatic rings. The van der Waals surface area contributed by atoms with E-state index in [1.165, 1.54) is 0 Å². The monoisotopic (exact) mass is 2960 g/mol. The summed E-state index contributed by atoms with van der Waals surface area (Å²) in [6.45, 7) is 0. The normalized spacial score (nSPS) is 0.566. The van der Waals surface area contributed by atoms with Gasteiger partial charge in [-0.05, 0) is 0 Å². The number of hydrogen-bond donors (Lipinski definition) is 0. The minimum Gasteiger partial charge on any atom is -0.457 e. The Labute approximate surface area is 473 Å². The zero-order chi connectivity index (χ0) is 6.71. The molecule has 0 spiro atoms. The van der Waals surface area contributed by atoms with Crippen LogP contribution in [0.3, 0.4) is 0 Å². The van der Waals surface area contributed by atoms with Crippen molar-refractivity contribution in [1.29, 1.82) is 0 Å². The Bertz CT molecular complexity index is 47.7. The Balaban J connectivity index is -0.0000000000674. The number of hydrogen-bond acceptors (Lipinski definition) is 0. The summed E-state index contributed by atoms with van der Waals surface area (Å²) in [6, 6.07) is 0. The third-order valence-electron chi connectivity index (χ3n) is 0. The molecule has 1 atom stereocenters. The first-order chi connectivity index (χ1) is 3.41. The van der Waals surface area contributed by atoms with Crippen LogP contribution in [0.4, 0.5) is 0 Å². The first kappa shape index (κ1) is 1710. The Morgan fingerprint density at radius 2 is 0.170 bits per heavy atom. The molecule has 0 bridgehead atoms. The molecule has 392 valence electrons. The molecular weight excluding hydrogens is 2880 g/mol. The maximum atomic E-state index is 5.50. The van der Waals surface area contributed by atoms with Gasteiger partial charge in [0.1, 0.15) is 0 Å². The summed E-state index contributed by atoms with van der Waals surface area (Å²) in [4.78, 5) is 0. The van der Waals surface area contributed by atoms with Crippen LogP contribution in [0.2, 0.25) is 0 Å². The van der Waals surface area contributed by atoms with E-state index in [1.807, 2.05) is 5.04 Å². The van der Waals surface area contributed by atoms with Crippen LogP contribution in [-0.4, -0.2) is 195 Å². The predicted octanol–water partition coefficient (Wildman–Crippen LogP) is -32.5. The predicted molar refractivity (Wildman–Crippen MR) is 160 cm³/mol. The summed E-state index contributed by atoms with van der Waals surface area (Å²) in [6.07, 6.45) is 0. The largest absolute Gasteiger partial charge is 0.457 e. The summed E-state index contributed by atoms with van der Waals surface area (Å²) in [5.74, 6) is 0. The van der Waals surface area contributed by atoms with Crippen molar-refractivity contribution in [1.82, 2.24) is 0 Å². The average Bonchev–Trinajstić information content (AvgIpc) is 1.78. The van der Waals surface area contributed by atoms with Gasteiger partial charge in [-0.25, -0.2) is 0 Å². The van der Waals surface area contributed by atoms with Gasteiger partial charge in [0.25, 0.3) is 0 Å². The average molecular weight is 2960 g/mol. The van der Waals surface area contributed by atoms with Crippen LogP contribution in [0.15, 0.2) is 0 Å². The molecule has 53 heavy (non-hydrogen) atoms. The van der Waals surface area contributed by atoms with Gasteiger partial charge in [0.15, 0.2) is 0 Å². The SMILES string of the molecule is O.O.O.O.O.O.O.O.O.O.O.O.O.O.O.O.O.O.O.O.O.O.O.O.O.O.O.O.O.P.[OH2+][OH+][OH2+].[OH2+][OH2+].[OH2+][OH2+].[OH3+].[OH3+].[OH3+].[OH3+].[W].[W].[W].[W].[W].[W].[W].[W].[W].[W].[W].[W]. The van der Waals surface area contributed by atoms with E-state index in [4.69, 9.17) is 31.5 Å². The molecule has 40 nitrogen and oxygen atoms in total. The van der Waals surface area contributed by atoms with Crippen LogP contribution < -0.4 is 0 Å². The van der Waals surface area contributed by atoms with Crippen molar-refractivity contribution in [2.24, 2.45) is 0 Å². The van der Waals surface area contributed by atoms with Gasteiger partial charge in [-0.15, -0.1) is 10.5 Å². The standard InChI is InChI=1S/H5O3.2H4O2.33H2O.H3P.12W/c1-3-2;2*1-2;;;;;;;;;;;;;;;;;;;;;;;;;;;;;;;;;;;;;;;;;;;;;;/h3H,1-2H2;2*1-2H2;33*1H2;1H3;;;;;;;;;;;;/q+3;2*+2;;;;;;;;;;;;;;;;;;;;;;;;;;;;;;;;;;;;;;;;;;;;;;/p+4. The second kappa shape index (κ2) is 3050. The molecule has 1 unspecified atom stereocenters. The summed E-state index contributed by atoms with van der Waals surface area (Å²) in [5.41, 5.74) is 0. The van der Waals surface area contributed by atoms with Crippen molar-refractivity contribution in [3.8, 4) is 0 Å².